The molecule has 0 bridgehead atoms. The average molecular weight is 387 g/mol. The molecule has 1 amide bonds. The molecule has 7 heteroatoms. The van der Waals surface area contributed by atoms with Crippen LogP contribution < -0.4 is 0 Å². The number of piperidine rings is 1. The number of hydrogen-bond donors (Lipinski definition) is 1. The Balaban J connectivity index is 2.15. The number of methoxy groups -OCH3 is 1. The van der Waals surface area contributed by atoms with Gasteiger partial charge in [-0.1, -0.05) is 17.7 Å². The number of amides is 1. The highest BCUT2D eigenvalue weighted by Gasteiger charge is 2.32. The summed E-state index contributed by atoms with van der Waals surface area (Å²) in [4.78, 5) is 16.7. The van der Waals surface area contributed by atoms with Crippen LogP contribution in [0.1, 0.15) is 22.3 Å². The fraction of sp³-hybridized carbons (Fsp3) is 0.632. The topological polar surface area (TPSA) is 53.0 Å². The van der Waals surface area contributed by atoms with Crippen LogP contribution in [0.15, 0.2) is 12.1 Å². The maximum absolute atomic E-state index is 14.3. The van der Waals surface area contributed by atoms with Crippen LogP contribution in [0.4, 0.5) is 4.39 Å². The summed E-state index contributed by atoms with van der Waals surface area (Å²) in [5, 5.41) is 9.80. The fourth-order valence-corrected chi connectivity index (χ4v) is 3.77. The molecule has 1 fully saturated rings. The van der Waals surface area contributed by atoms with E-state index in [1.807, 2.05) is 7.05 Å². The zero-order valence-electron chi connectivity index (χ0n) is 15.7. The normalized spacial score (nSPS) is 20.7. The Morgan fingerprint density at radius 2 is 2.12 bits per heavy atom. The van der Waals surface area contributed by atoms with Crippen LogP contribution in [0.5, 0.6) is 0 Å². The second kappa shape index (κ2) is 9.65. The van der Waals surface area contributed by atoms with Crippen molar-refractivity contribution in [3.05, 3.63) is 34.1 Å². The molecule has 0 aromatic heterocycles. The van der Waals surface area contributed by atoms with Crippen molar-refractivity contribution in [2.75, 3.05) is 53.6 Å². The van der Waals surface area contributed by atoms with Crippen LogP contribution in [0.3, 0.4) is 0 Å². The number of benzene rings is 1. The number of aliphatic hydroxyl groups excluding tert-OH is 1. The van der Waals surface area contributed by atoms with Crippen molar-refractivity contribution in [2.45, 2.75) is 13.3 Å². The smallest absolute Gasteiger partial charge is 0.258 e. The maximum Gasteiger partial charge on any atom is 0.258 e. The molecule has 0 saturated carbocycles. The van der Waals surface area contributed by atoms with Crippen LogP contribution in [-0.4, -0.2) is 74.4 Å². The fourth-order valence-electron chi connectivity index (χ4n) is 3.54. The van der Waals surface area contributed by atoms with Crippen LogP contribution in [0.2, 0.25) is 5.02 Å². The van der Waals surface area contributed by atoms with Gasteiger partial charge in [0.25, 0.3) is 5.91 Å². The molecule has 0 unspecified atom stereocenters. The zero-order chi connectivity index (χ0) is 19.3. The molecule has 1 aliphatic heterocycles. The van der Waals surface area contributed by atoms with Crippen molar-refractivity contribution in [3.8, 4) is 0 Å². The molecule has 0 radical (unpaired) electrons. The van der Waals surface area contributed by atoms with Gasteiger partial charge in [-0.25, -0.2) is 4.39 Å². The molecule has 1 heterocycles. The van der Waals surface area contributed by atoms with Gasteiger partial charge in [0.05, 0.1) is 17.2 Å². The average Bonchev–Trinajstić information content (AvgIpc) is 2.62. The Kier molecular flexibility index (Phi) is 7.83. The molecule has 1 aromatic rings. The lowest BCUT2D eigenvalue weighted by Gasteiger charge is -2.39. The summed E-state index contributed by atoms with van der Waals surface area (Å²) in [7, 11) is 3.67. The van der Waals surface area contributed by atoms with Crippen molar-refractivity contribution < 1.29 is 19.0 Å². The zero-order valence-corrected chi connectivity index (χ0v) is 16.4. The minimum Gasteiger partial charge on any atom is -0.396 e. The van der Waals surface area contributed by atoms with Gasteiger partial charge in [-0.2, -0.15) is 0 Å². The second-order valence-corrected chi connectivity index (χ2v) is 7.55. The number of likely N-dealkylation sites (tertiary alicyclic amines) is 1. The standard InChI is InChI=1S/C19H28ClFN2O3/c1-13-4-5-16(21)17(18(13)20)19(25)23-10-14(8-15(11-23)12-24)9-22(2)6-7-26-3/h4-5,14-15,24H,6-12H2,1-3H3/t14-,15+/m1/s1. The second-order valence-electron chi connectivity index (χ2n) is 7.17. The molecule has 2 rings (SSSR count). The third-order valence-electron chi connectivity index (χ3n) is 4.91. The number of likely N-dealkylation sites (N-methyl/N-ethyl adjacent to an activating group) is 1. The van der Waals surface area contributed by atoms with E-state index in [0.717, 1.165) is 19.5 Å². The molecule has 1 saturated heterocycles. The highest BCUT2D eigenvalue weighted by molar-refractivity contribution is 6.34. The van der Waals surface area contributed by atoms with Gasteiger partial charge in [-0.15, -0.1) is 0 Å². The van der Waals surface area contributed by atoms with Gasteiger partial charge in [0.2, 0.25) is 0 Å². The SMILES string of the molecule is COCCN(C)C[C@H]1C[C@H](CO)CN(C(=O)c2c(F)ccc(C)c2Cl)C1. The third-order valence-corrected chi connectivity index (χ3v) is 5.40. The van der Waals surface area contributed by atoms with E-state index in [0.29, 0.717) is 25.3 Å². The number of halogens is 2. The first kappa shape index (κ1) is 21.1. The Bertz CT molecular complexity index is 629. The third kappa shape index (κ3) is 5.16. The van der Waals surface area contributed by atoms with E-state index in [1.54, 1.807) is 25.0 Å². The quantitative estimate of drug-likeness (QED) is 0.782. The van der Waals surface area contributed by atoms with Gasteiger partial charge in [-0.3, -0.25) is 4.79 Å². The van der Waals surface area contributed by atoms with Gasteiger partial charge in [0, 0.05) is 39.9 Å². The molecule has 5 nitrogen and oxygen atoms in total. The van der Waals surface area contributed by atoms with Gasteiger partial charge in [0.1, 0.15) is 5.82 Å². The number of aliphatic hydroxyl groups is 1. The number of aryl methyl sites for hydroxylation is 1. The van der Waals surface area contributed by atoms with Gasteiger partial charge < -0.3 is 19.6 Å². The van der Waals surface area contributed by atoms with Crippen LogP contribution in [0, 0.1) is 24.6 Å². The number of carbonyl (C=O) groups excluding carboxylic acids is 1. The Morgan fingerprint density at radius 3 is 2.77 bits per heavy atom. The van der Waals surface area contributed by atoms with E-state index >= 15 is 0 Å². The summed E-state index contributed by atoms with van der Waals surface area (Å²) in [5.74, 6) is -0.817. The van der Waals surface area contributed by atoms with Crippen LogP contribution in [0.25, 0.3) is 0 Å². The summed E-state index contributed by atoms with van der Waals surface area (Å²) in [5.41, 5.74) is 0.597. The molecule has 1 aliphatic rings. The van der Waals surface area contributed by atoms with E-state index in [4.69, 9.17) is 16.3 Å². The molecular weight excluding hydrogens is 359 g/mol. The molecule has 26 heavy (non-hydrogen) atoms. The monoisotopic (exact) mass is 386 g/mol. The van der Waals surface area contributed by atoms with Gasteiger partial charge >= 0.3 is 0 Å². The van der Waals surface area contributed by atoms with E-state index in [-0.39, 0.29) is 29.0 Å². The summed E-state index contributed by atoms with van der Waals surface area (Å²) in [6.45, 7) is 4.91. The van der Waals surface area contributed by atoms with Crippen molar-refractivity contribution in [3.63, 3.8) is 0 Å². The Hall–Kier alpha value is -1.21. The highest BCUT2D eigenvalue weighted by atomic mass is 35.5. The maximum atomic E-state index is 14.3. The molecule has 2 atom stereocenters. The number of rotatable bonds is 7. The van der Waals surface area contributed by atoms with Gasteiger partial charge in [-0.05, 0) is 43.9 Å². The van der Waals surface area contributed by atoms with E-state index in [2.05, 4.69) is 4.90 Å². The Labute approximate surface area is 159 Å². The summed E-state index contributed by atoms with van der Waals surface area (Å²) in [6, 6.07) is 2.84. The van der Waals surface area contributed by atoms with E-state index < -0.39 is 11.7 Å². The van der Waals surface area contributed by atoms with Crippen LogP contribution in [-0.2, 0) is 4.74 Å². The first-order valence-electron chi connectivity index (χ1n) is 8.89. The van der Waals surface area contributed by atoms with Crippen molar-refractivity contribution >= 4 is 17.5 Å². The minimum atomic E-state index is -0.606. The lowest BCUT2D eigenvalue weighted by Crippen LogP contribution is -2.48. The van der Waals surface area contributed by atoms with Crippen molar-refractivity contribution in [2.24, 2.45) is 11.8 Å². The lowest BCUT2D eigenvalue weighted by molar-refractivity contribution is 0.0447. The summed E-state index contributed by atoms with van der Waals surface area (Å²) < 4.78 is 19.4. The first-order valence-corrected chi connectivity index (χ1v) is 9.27. The molecule has 1 N–H and O–H groups in total. The number of nitrogens with zero attached hydrogens (tertiary/aromatic N) is 2. The molecule has 146 valence electrons. The number of hydrogen-bond acceptors (Lipinski definition) is 4. The molecule has 0 aliphatic carbocycles. The van der Waals surface area contributed by atoms with E-state index in [9.17, 15) is 14.3 Å². The minimum absolute atomic E-state index is 0.00605. The van der Waals surface area contributed by atoms with Crippen molar-refractivity contribution in [1.82, 2.24) is 9.80 Å². The predicted octanol–water partition coefficient (Wildman–Crippen LogP) is 2.44. The Morgan fingerprint density at radius 1 is 1.42 bits per heavy atom. The van der Waals surface area contributed by atoms with E-state index in [1.165, 1.54) is 6.07 Å². The molecule has 0 spiro atoms. The molecular formula is C19H28ClFN2O3. The highest BCUT2D eigenvalue weighted by Crippen LogP contribution is 2.28. The largest absolute Gasteiger partial charge is 0.396 e. The van der Waals surface area contributed by atoms with Crippen molar-refractivity contribution in [1.29, 1.82) is 0 Å². The van der Waals surface area contributed by atoms with Gasteiger partial charge in [0.15, 0.2) is 0 Å². The summed E-state index contributed by atoms with van der Waals surface area (Å²) >= 11 is 6.20. The molecule has 1 aromatic carbocycles. The van der Waals surface area contributed by atoms with Crippen LogP contribution >= 0.6 is 11.6 Å². The first-order chi connectivity index (χ1) is 12.4. The number of carbonyl (C=O) groups is 1. The number of ether oxygens (including phenoxy) is 1. The lowest BCUT2D eigenvalue weighted by atomic mass is 9.88. The summed E-state index contributed by atoms with van der Waals surface area (Å²) in [6.07, 6.45) is 0.835. The predicted molar refractivity (Wildman–Crippen MR) is 100 cm³/mol.